The SMILES string of the molecule is CC1COCCN1S(=O)(=O)c1ccc2c(c1)NCCC2. The van der Waals surface area contributed by atoms with Crippen LogP contribution >= 0.6 is 0 Å². The topological polar surface area (TPSA) is 58.6 Å². The second-order valence-corrected chi connectivity index (χ2v) is 7.28. The van der Waals surface area contributed by atoms with Crippen LogP contribution in [0.3, 0.4) is 0 Å². The van der Waals surface area contributed by atoms with E-state index in [-0.39, 0.29) is 6.04 Å². The summed E-state index contributed by atoms with van der Waals surface area (Å²) in [6.45, 7) is 4.14. The maximum absolute atomic E-state index is 12.7. The Labute approximate surface area is 120 Å². The summed E-state index contributed by atoms with van der Waals surface area (Å²) in [5.41, 5.74) is 2.16. The Morgan fingerprint density at radius 1 is 1.40 bits per heavy atom. The first-order valence-electron chi connectivity index (χ1n) is 7.05. The molecule has 1 N–H and O–H groups in total. The zero-order valence-corrected chi connectivity index (χ0v) is 12.4. The van der Waals surface area contributed by atoms with Gasteiger partial charge in [-0.15, -0.1) is 0 Å². The Bertz CT molecular complexity index is 600. The molecule has 1 saturated heterocycles. The van der Waals surface area contributed by atoms with Gasteiger partial charge in [0.2, 0.25) is 10.0 Å². The van der Waals surface area contributed by atoms with Gasteiger partial charge in [0.15, 0.2) is 0 Å². The number of anilines is 1. The van der Waals surface area contributed by atoms with E-state index in [0.29, 0.717) is 24.7 Å². The van der Waals surface area contributed by atoms with Gasteiger partial charge < -0.3 is 10.1 Å². The van der Waals surface area contributed by atoms with Crippen molar-refractivity contribution >= 4 is 15.7 Å². The first-order chi connectivity index (χ1) is 9.59. The molecule has 1 fully saturated rings. The van der Waals surface area contributed by atoms with Crippen molar-refractivity contribution < 1.29 is 13.2 Å². The van der Waals surface area contributed by atoms with Crippen LogP contribution in [0.2, 0.25) is 0 Å². The zero-order valence-electron chi connectivity index (χ0n) is 11.6. The van der Waals surface area contributed by atoms with Crippen LogP contribution < -0.4 is 5.32 Å². The van der Waals surface area contributed by atoms with E-state index >= 15 is 0 Å². The van der Waals surface area contributed by atoms with E-state index in [4.69, 9.17) is 4.74 Å². The molecule has 0 amide bonds. The van der Waals surface area contributed by atoms with Crippen LogP contribution in [0.15, 0.2) is 23.1 Å². The average molecular weight is 296 g/mol. The molecule has 1 aromatic rings. The van der Waals surface area contributed by atoms with Gasteiger partial charge in [-0.1, -0.05) is 6.07 Å². The Morgan fingerprint density at radius 2 is 2.25 bits per heavy atom. The summed E-state index contributed by atoms with van der Waals surface area (Å²) >= 11 is 0. The molecule has 0 bridgehead atoms. The number of rotatable bonds is 2. The first kappa shape index (κ1) is 13.9. The highest BCUT2D eigenvalue weighted by molar-refractivity contribution is 7.89. The Balaban J connectivity index is 1.94. The van der Waals surface area contributed by atoms with Crippen LogP contribution in [-0.4, -0.2) is 45.1 Å². The number of benzene rings is 1. The number of fused-ring (bicyclic) bond motifs is 1. The average Bonchev–Trinajstić information content (AvgIpc) is 2.47. The van der Waals surface area contributed by atoms with Gasteiger partial charge in [-0.2, -0.15) is 4.31 Å². The van der Waals surface area contributed by atoms with Gasteiger partial charge in [-0.3, -0.25) is 0 Å². The molecule has 0 aliphatic carbocycles. The van der Waals surface area contributed by atoms with Gasteiger partial charge in [0, 0.05) is 24.8 Å². The summed E-state index contributed by atoms with van der Waals surface area (Å²) in [6, 6.07) is 5.31. The van der Waals surface area contributed by atoms with E-state index in [1.165, 1.54) is 5.56 Å². The molecule has 110 valence electrons. The van der Waals surface area contributed by atoms with E-state index in [9.17, 15) is 8.42 Å². The third-order valence-corrected chi connectivity index (χ3v) is 5.94. The fraction of sp³-hybridized carbons (Fsp3) is 0.571. The second-order valence-electron chi connectivity index (χ2n) is 5.39. The molecular formula is C14H20N2O3S. The van der Waals surface area contributed by atoms with Crippen LogP contribution in [0.25, 0.3) is 0 Å². The minimum atomic E-state index is -3.43. The Morgan fingerprint density at radius 3 is 3.05 bits per heavy atom. The predicted molar refractivity (Wildman–Crippen MR) is 77.4 cm³/mol. The van der Waals surface area contributed by atoms with Gasteiger partial charge in [-0.05, 0) is 37.5 Å². The van der Waals surface area contributed by atoms with Crippen molar-refractivity contribution in [3.63, 3.8) is 0 Å². The van der Waals surface area contributed by atoms with E-state index in [1.54, 1.807) is 16.4 Å². The molecule has 0 aromatic heterocycles. The molecule has 0 saturated carbocycles. The highest BCUT2D eigenvalue weighted by Crippen LogP contribution is 2.28. The molecule has 20 heavy (non-hydrogen) atoms. The van der Waals surface area contributed by atoms with Crippen LogP contribution in [0.5, 0.6) is 0 Å². The number of ether oxygens (including phenoxy) is 1. The molecule has 2 heterocycles. The standard InChI is InChI=1S/C14H20N2O3S/c1-11-10-19-8-7-16(11)20(17,18)13-5-4-12-3-2-6-15-14(12)9-13/h4-5,9,11,15H,2-3,6-8,10H2,1H3. The van der Waals surface area contributed by atoms with Crippen molar-refractivity contribution in [2.45, 2.75) is 30.7 Å². The summed E-state index contributed by atoms with van der Waals surface area (Å²) < 4.78 is 32.3. The summed E-state index contributed by atoms with van der Waals surface area (Å²) in [7, 11) is -3.43. The number of aryl methyl sites for hydroxylation is 1. The number of hydrogen-bond acceptors (Lipinski definition) is 4. The van der Waals surface area contributed by atoms with Crippen LogP contribution in [0.4, 0.5) is 5.69 Å². The largest absolute Gasteiger partial charge is 0.385 e. The molecule has 3 rings (SSSR count). The minimum absolute atomic E-state index is 0.113. The van der Waals surface area contributed by atoms with Gasteiger partial charge in [0.25, 0.3) is 0 Å². The van der Waals surface area contributed by atoms with Crippen LogP contribution in [-0.2, 0) is 21.2 Å². The predicted octanol–water partition coefficient (Wildman–Crippen LogP) is 1.45. The van der Waals surface area contributed by atoms with Crippen LogP contribution in [0, 0.1) is 0 Å². The van der Waals surface area contributed by atoms with Crippen molar-refractivity contribution in [1.29, 1.82) is 0 Å². The quantitative estimate of drug-likeness (QED) is 0.897. The van der Waals surface area contributed by atoms with Gasteiger partial charge >= 0.3 is 0 Å². The molecule has 6 heteroatoms. The maximum Gasteiger partial charge on any atom is 0.243 e. The Hall–Kier alpha value is -1.11. The molecule has 1 atom stereocenters. The summed E-state index contributed by atoms with van der Waals surface area (Å²) in [5.74, 6) is 0. The zero-order chi connectivity index (χ0) is 14.2. The molecule has 2 aliphatic rings. The fourth-order valence-corrected chi connectivity index (χ4v) is 4.43. The number of sulfonamides is 1. The third-order valence-electron chi connectivity index (χ3n) is 3.93. The van der Waals surface area contributed by atoms with Crippen molar-refractivity contribution in [3.05, 3.63) is 23.8 Å². The lowest BCUT2D eigenvalue weighted by Gasteiger charge is -2.32. The lowest BCUT2D eigenvalue weighted by Crippen LogP contribution is -2.46. The molecule has 2 aliphatic heterocycles. The highest BCUT2D eigenvalue weighted by Gasteiger charge is 2.31. The Kier molecular flexibility index (Phi) is 3.70. The van der Waals surface area contributed by atoms with Gasteiger partial charge in [0.1, 0.15) is 0 Å². The number of hydrogen-bond donors (Lipinski definition) is 1. The molecule has 1 aromatic carbocycles. The highest BCUT2D eigenvalue weighted by atomic mass is 32.2. The first-order valence-corrected chi connectivity index (χ1v) is 8.49. The maximum atomic E-state index is 12.7. The van der Waals surface area contributed by atoms with E-state index < -0.39 is 10.0 Å². The second kappa shape index (κ2) is 5.35. The van der Waals surface area contributed by atoms with E-state index in [1.807, 2.05) is 13.0 Å². The van der Waals surface area contributed by atoms with Crippen molar-refractivity contribution in [2.24, 2.45) is 0 Å². The van der Waals surface area contributed by atoms with Crippen molar-refractivity contribution in [2.75, 3.05) is 31.6 Å². The lowest BCUT2D eigenvalue weighted by molar-refractivity contribution is 0.0393. The third kappa shape index (κ3) is 2.43. The van der Waals surface area contributed by atoms with Crippen molar-refractivity contribution in [1.82, 2.24) is 4.31 Å². The van der Waals surface area contributed by atoms with Crippen LogP contribution in [0.1, 0.15) is 18.9 Å². The summed E-state index contributed by atoms with van der Waals surface area (Å²) in [5, 5.41) is 3.28. The van der Waals surface area contributed by atoms with Gasteiger partial charge in [-0.25, -0.2) is 8.42 Å². The number of nitrogens with one attached hydrogen (secondary N) is 1. The smallest absolute Gasteiger partial charge is 0.243 e. The van der Waals surface area contributed by atoms with E-state index in [0.717, 1.165) is 25.1 Å². The molecule has 0 spiro atoms. The summed E-state index contributed by atoms with van der Waals surface area (Å²) in [4.78, 5) is 0.374. The van der Waals surface area contributed by atoms with Gasteiger partial charge in [0.05, 0.1) is 18.1 Å². The lowest BCUT2D eigenvalue weighted by atomic mass is 10.0. The molecular weight excluding hydrogens is 276 g/mol. The monoisotopic (exact) mass is 296 g/mol. The normalized spacial score (nSPS) is 23.9. The number of morpholine rings is 1. The minimum Gasteiger partial charge on any atom is -0.385 e. The summed E-state index contributed by atoms with van der Waals surface area (Å²) in [6.07, 6.45) is 2.11. The molecule has 1 unspecified atom stereocenters. The number of nitrogens with zero attached hydrogens (tertiary/aromatic N) is 1. The molecule has 5 nitrogen and oxygen atoms in total. The van der Waals surface area contributed by atoms with Crippen molar-refractivity contribution in [3.8, 4) is 0 Å². The van der Waals surface area contributed by atoms with E-state index in [2.05, 4.69) is 5.32 Å². The fourth-order valence-electron chi connectivity index (χ4n) is 2.80. The molecule has 0 radical (unpaired) electrons.